The minimum atomic E-state index is -0.238. The van der Waals surface area contributed by atoms with Crippen LogP contribution in [0.4, 0.5) is 0 Å². The van der Waals surface area contributed by atoms with Crippen LogP contribution in [-0.4, -0.2) is 35.1 Å². The highest BCUT2D eigenvalue weighted by molar-refractivity contribution is 8.00. The Morgan fingerprint density at radius 1 is 1.56 bits per heavy atom. The first kappa shape index (κ1) is 13.6. The third-order valence-corrected chi connectivity index (χ3v) is 4.83. The van der Waals surface area contributed by atoms with Gasteiger partial charge in [-0.25, -0.2) is 0 Å². The summed E-state index contributed by atoms with van der Waals surface area (Å²) in [5.41, 5.74) is 5.39. The smallest absolute Gasteiger partial charge is 0.144 e. The molecule has 0 aliphatic heterocycles. The first-order valence-electron chi connectivity index (χ1n) is 5.70. The van der Waals surface area contributed by atoms with E-state index in [0.29, 0.717) is 10.6 Å². The molecule has 0 atom stereocenters. The van der Waals surface area contributed by atoms with E-state index in [2.05, 4.69) is 16.7 Å². The zero-order valence-corrected chi connectivity index (χ0v) is 11.2. The first-order chi connectivity index (χ1) is 7.46. The fourth-order valence-corrected chi connectivity index (χ4v) is 2.33. The Labute approximate surface area is 102 Å². The molecule has 1 fully saturated rings. The van der Waals surface area contributed by atoms with E-state index >= 15 is 0 Å². The van der Waals surface area contributed by atoms with E-state index in [4.69, 9.17) is 10.9 Å². The summed E-state index contributed by atoms with van der Waals surface area (Å²) in [4.78, 5) is 0. The standard InChI is InChI=1S/C11H23N3OS/c1-10(2,9(12)14-15)6-7-13-8-11(16-3)4-5-11/h13,15H,4-8H2,1-3H3,(H2,12,14). The van der Waals surface area contributed by atoms with Crippen molar-refractivity contribution < 1.29 is 5.21 Å². The van der Waals surface area contributed by atoms with Gasteiger partial charge in [0.2, 0.25) is 0 Å². The van der Waals surface area contributed by atoms with Gasteiger partial charge in [-0.05, 0) is 32.1 Å². The molecular weight excluding hydrogens is 222 g/mol. The van der Waals surface area contributed by atoms with Crippen LogP contribution in [0.5, 0.6) is 0 Å². The molecular formula is C11H23N3OS. The summed E-state index contributed by atoms with van der Waals surface area (Å²) >= 11 is 1.96. The van der Waals surface area contributed by atoms with Crippen LogP contribution in [0.3, 0.4) is 0 Å². The molecule has 0 aromatic carbocycles. The lowest BCUT2D eigenvalue weighted by molar-refractivity contribution is 0.305. The van der Waals surface area contributed by atoms with Gasteiger partial charge in [-0.3, -0.25) is 0 Å². The minimum absolute atomic E-state index is 0.238. The Hall–Kier alpha value is -0.420. The molecule has 16 heavy (non-hydrogen) atoms. The van der Waals surface area contributed by atoms with E-state index in [1.807, 2.05) is 25.6 Å². The van der Waals surface area contributed by atoms with Gasteiger partial charge in [-0.2, -0.15) is 11.8 Å². The molecule has 0 unspecified atom stereocenters. The first-order valence-corrected chi connectivity index (χ1v) is 6.92. The van der Waals surface area contributed by atoms with E-state index < -0.39 is 0 Å². The second-order valence-electron chi connectivity index (χ2n) is 5.18. The quantitative estimate of drug-likeness (QED) is 0.210. The van der Waals surface area contributed by atoms with Crippen LogP contribution in [-0.2, 0) is 0 Å². The molecule has 0 radical (unpaired) electrons. The molecule has 0 spiro atoms. The van der Waals surface area contributed by atoms with Crippen molar-refractivity contribution in [1.29, 1.82) is 0 Å². The van der Waals surface area contributed by atoms with E-state index in [1.54, 1.807) is 0 Å². The molecule has 1 saturated carbocycles. The SMILES string of the molecule is CSC1(CNCCC(C)(C)C(N)=NO)CC1. The summed E-state index contributed by atoms with van der Waals surface area (Å²) in [7, 11) is 0. The third-order valence-electron chi connectivity index (χ3n) is 3.42. The lowest BCUT2D eigenvalue weighted by Crippen LogP contribution is -2.36. The van der Waals surface area contributed by atoms with Gasteiger partial charge < -0.3 is 16.3 Å². The Kier molecular flexibility index (Phi) is 4.50. The highest BCUT2D eigenvalue weighted by Gasteiger charge is 2.41. The van der Waals surface area contributed by atoms with Gasteiger partial charge in [0.05, 0.1) is 0 Å². The van der Waals surface area contributed by atoms with Gasteiger partial charge in [0.25, 0.3) is 0 Å². The van der Waals surface area contributed by atoms with Gasteiger partial charge in [0.1, 0.15) is 5.84 Å². The highest BCUT2D eigenvalue weighted by Crippen LogP contribution is 2.46. The number of nitrogens with two attached hydrogens (primary N) is 1. The summed E-state index contributed by atoms with van der Waals surface area (Å²) in [6, 6.07) is 0. The molecule has 5 heteroatoms. The molecule has 0 saturated heterocycles. The van der Waals surface area contributed by atoms with E-state index in [0.717, 1.165) is 19.5 Å². The highest BCUT2D eigenvalue weighted by atomic mass is 32.2. The lowest BCUT2D eigenvalue weighted by atomic mass is 9.88. The van der Waals surface area contributed by atoms with E-state index in [1.165, 1.54) is 12.8 Å². The Balaban J connectivity index is 2.20. The van der Waals surface area contributed by atoms with Crippen molar-refractivity contribution in [3.8, 4) is 0 Å². The number of nitrogens with one attached hydrogen (secondary N) is 1. The molecule has 1 rings (SSSR count). The van der Waals surface area contributed by atoms with Crippen molar-refractivity contribution >= 4 is 17.6 Å². The largest absolute Gasteiger partial charge is 0.409 e. The normalized spacial score (nSPS) is 19.8. The van der Waals surface area contributed by atoms with Crippen LogP contribution >= 0.6 is 11.8 Å². The van der Waals surface area contributed by atoms with Gasteiger partial charge >= 0.3 is 0 Å². The predicted octanol–water partition coefficient (Wildman–Crippen LogP) is 1.63. The Morgan fingerprint density at radius 2 is 2.19 bits per heavy atom. The van der Waals surface area contributed by atoms with E-state index in [9.17, 15) is 0 Å². The number of hydrogen-bond acceptors (Lipinski definition) is 4. The van der Waals surface area contributed by atoms with Gasteiger partial charge in [-0.15, -0.1) is 0 Å². The molecule has 0 aromatic heterocycles. The Morgan fingerprint density at radius 3 is 2.62 bits per heavy atom. The van der Waals surface area contributed by atoms with Gasteiger partial charge in [0, 0.05) is 16.7 Å². The maximum Gasteiger partial charge on any atom is 0.144 e. The van der Waals surface area contributed by atoms with Crippen molar-refractivity contribution in [3.63, 3.8) is 0 Å². The molecule has 0 amide bonds. The second kappa shape index (κ2) is 5.27. The van der Waals surface area contributed by atoms with Crippen molar-refractivity contribution in [2.75, 3.05) is 19.3 Å². The number of oxime groups is 1. The summed E-state index contributed by atoms with van der Waals surface area (Å²) in [6.07, 6.45) is 5.71. The molecule has 0 bridgehead atoms. The average molecular weight is 245 g/mol. The number of rotatable bonds is 7. The molecule has 0 aromatic rings. The fourth-order valence-electron chi connectivity index (χ4n) is 1.57. The summed E-state index contributed by atoms with van der Waals surface area (Å²) in [5, 5.41) is 15.2. The predicted molar refractivity (Wildman–Crippen MR) is 70.2 cm³/mol. The van der Waals surface area contributed by atoms with Crippen LogP contribution in [0, 0.1) is 5.41 Å². The van der Waals surface area contributed by atoms with Gasteiger partial charge in [0.15, 0.2) is 0 Å². The summed E-state index contributed by atoms with van der Waals surface area (Å²) < 4.78 is 0.501. The molecule has 94 valence electrons. The summed E-state index contributed by atoms with van der Waals surface area (Å²) in [6.45, 7) is 5.96. The zero-order valence-electron chi connectivity index (χ0n) is 10.4. The van der Waals surface area contributed by atoms with Crippen LogP contribution in [0.15, 0.2) is 5.16 Å². The molecule has 4 nitrogen and oxygen atoms in total. The molecule has 4 N–H and O–H groups in total. The maximum atomic E-state index is 8.64. The summed E-state index contributed by atoms with van der Waals surface area (Å²) in [5.74, 6) is 0.306. The molecule has 0 heterocycles. The van der Waals surface area contributed by atoms with E-state index in [-0.39, 0.29) is 5.41 Å². The topological polar surface area (TPSA) is 70.6 Å². The number of amidine groups is 1. The van der Waals surface area contributed by atoms with Crippen molar-refractivity contribution in [2.24, 2.45) is 16.3 Å². The molecule has 1 aliphatic carbocycles. The van der Waals surface area contributed by atoms with Crippen LogP contribution in [0.25, 0.3) is 0 Å². The third kappa shape index (κ3) is 3.56. The van der Waals surface area contributed by atoms with Crippen LogP contribution in [0.2, 0.25) is 0 Å². The van der Waals surface area contributed by atoms with Crippen LogP contribution in [0.1, 0.15) is 33.1 Å². The van der Waals surface area contributed by atoms with Crippen LogP contribution < -0.4 is 11.1 Å². The van der Waals surface area contributed by atoms with Crippen molar-refractivity contribution in [2.45, 2.75) is 37.9 Å². The average Bonchev–Trinajstić information content (AvgIpc) is 3.04. The van der Waals surface area contributed by atoms with Crippen molar-refractivity contribution in [1.82, 2.24) is 5.32 Å². The van der Waals surface area contributed by atoms with Crippen molar-refractivity contribution in [3.05, 3.63) is 0 Å². The minimum Gasteiger partial charge on any atom is -0.409 e. The molecule has 1 aliphatic rings. The lowest BCUT2D eigenvalue weighted by Gasteiger charge is -2.23. The van der Waals surface area contributed by atoms with Gasteiger partial charge in [-0.1, -0.05) is 19.0 Å². The Bertz CT molecular complexity index is 262. The second-order valence-corrected chi connectivity index (χ2v) is 6.46. The number of hydrogen-bond donors (Lipinski definition) is 3. The maximum absolute atomic E-state index is 8.64. The number of thioether (sulfide) groups is 1. The zero-order chi connectivity index (χ0) is 12.2. The monoisotopic (exact) mass is 245 g/mol. The fraction of sp³-hybridized carbons (Fsp3) is 0.909. The number of nitrogens with zero attached hydrogens (tertiary/aromatic N) is 1.